The molecule has 6 nitrogen and oxygen atoms in total. The zero-order valence-electron chi connectivity index (χ0n) is 18.9. The fourth-order valence-corrected chi connectivity index (χ4v) is 5.40. The zero-order valence-corrected chi connectivity index (χ0v) is 19.7. The van der Waals surface area contributed by atoms with E-state index < -0.39 is 5.92 Å². The number of hydrogen-bond donors (Lipinski definition) is 0. The third-order valence-corrected chi connectivity index (χ3v) is 7.10. The average Bonchev–Trinajstić information content (AvgIpc) is 3.35. The highest BCUT2D eigenvalue weighted by Gasteiger charge is 2.36. The van der Waals surface area contributed by atoms with E-state index in [-0.39, 0.29) is 5.91 Å². The number of pyridine rings is 1. The maximum Gasteiger partial charge on any atom is 0.241 e. The first-order chi connectivity index (χ1) is 17.2. The number of amides is 1. The van der Waals surface area contributed by atoms with Gasteiger partial charge in [-0.3, -0.25) is 14.7 Å². The van der Waals surface area contributed by atoms with Crippen molar-refractivity contribution >= 4 is 32.6 Å². The highest BCUT2D eigenvalue weighted by atomic mass is 32.1. The van der Waals surface area contributed by atoms with Crippen molar-refractivity contribution in [2.24, 2.45) is 0 Å². The molecule has 1 aliphatic rings. The number of hydrogen-bond acceptors (Lipinski definition) is 6. The summed E-state index contributed by atoms with van der Waals surface area (Å²) in [5.41, 5.74) is 3.18. The summed E-state index contributed by atoms with van der Waals surface area (Å²) in [6.07, 6.45) is 1.73. The Morgan fingerprint density at radius 2 is 1.66 bits per heavy atom. The van der Waals surface area contributed by atoms with E-state index in [2.05, 4.69) is 4.98 Å². The molecule has 0 saturated heterocycles. The van der Waals surface area contributed by atoms with E-state index in [1.807, 2.05) is 84.9 Å². The molecule has 7 heteroatoms. The van der Waals surface area contributed by atoms with Gasteiger partial charge in [-0.25, -0.2) is 4.98 Å². The van der Waals surface area contributed by atoms with Crippen LogP contribution in [0.3, 0.4) is 0 Å². The molecule has 0 atom stereocenters. The number of fused-ring (bicyclic) bond motifs is 3. The van der Waals surface area contributed by atoms with Crippen LogP contribution in [0.25, 0.3) is 10.2 Å². The van der Waals surface area contributed by atoms with E-state index in [0.29, 0.717) is 28.9 Å². The predicted molar refractivity (Wildman–Crippen MR) is 136 cm³/mol. The summed E-state index contributed by atoms with van der Waals surface area (Å²) < 4.78 is 12.6. The number of aromatic nitrogens is 2. The monoisotopic (exact) mass is 479 g/mol. The highest BCUT2D eigenvalue weighted by molar-refractivity contribution is 7.22. The minimum absolute atomic E-state index is 0.0862. The normalized spacial score (nSPS) is 12.5. The van der Waals surface area contributed by atoms with Crippen LogP contribution >= 0.6 is 11.3 Å². The lowest BCUT2D eigenvalue weighted by Crippen LogP contribution is -2.36. The molecule has 0 N–H and O–H groups in total. The Balaban J connectivity index is 1.50. The second kappa shape index (κ2) is 8.85. The van der Waals surface area contributed by atoms with Gasteiger partial charge in [-0.05, 0) is 36.4 Å². The molecule has 0 spiro atoms. The molecule has 3 aromatic carbocycles. The van der Waals surface area contributed by atoms with Crippen LogP contribution in [0.2, 0.25) is 0 Å². The number of para-hydroxylation sites is 3. The Hall–Kier alpha value is -4.23. The van der Waals surface area contributed by atoms with Gasteiger partial charge in [0.05, 0.1) is 30.0 Å². The van der Waals surface area contributed by atoms with Crippen molar-refractivity contribution in [3.05, 3.63) is 108 Å². The van der Waals surface area contributed by atoms with E-state index in [0.717, 1.165) is 27.0 Å². The largest absolute Gasteiger partial charge is 0.494 e. The van der Waals surface area contributed by atoms with Crippen LogP contribution in [0.5, 0.6) is 17.2 Å². The molecule has 0 aliphatic carbocycles. The molecule has 172 valence electrons. The standard InChI is InChI=1S/C28H21N3O3S/c1-33-23-14-8-15-24-26(23)30-28(35-24)31(17-18-9-6-7-16-29-18)27(32)25-19-10-2-4-12-21(19)34-22-13-5-3-11-20(22)25/h2-16,25H,17H2,1H3. The lowest BCUT2D eigenvalue weighted by atomic mass is 9.87. The van der Waals surface area contributed by atoms with E-state index >= 15 is 0 Å². The summed E-state index contributed by atoms with van der Waals surface area (Å²) in [5, 5.41) is 0.599. The third-order valence-electron chi connectivity index (χ3n) is 6.06. The summed E-state index contributed by atoms with van der Waals surface area (Å²) in [4.78, 5) is 25.5. The van der Waals surface area contributed by atoms with Crippen LogP contribution < -0.4 is 14.4 Å². The van der Waals surface area contributed by atoms with Gasteiger partial charge in [0.1, 0.15) is 22.8 Å². The summed E-state index contributed by atoms with van der Waals surface area (Å²) >= 11 is 1.46. The van der Waals surface area contributed by atoms with Crippen LogP contribution in [0, 0.1) is 0 Å². The van der Waals surface area contributed by atoms with Crippen molar-refractivity contribution < 1.29 is 14.3 Å². The van der Waals surface area contributed by atoms with Crippen LogP contribution in [0.4, 0.5) is 5.13 Å². The van der Waals surface area contributed by atoms with Crippen LogP contribution in [0.1, 0.15) is 22.7 Å². The second-order valence-corrected chi connectivity index (χ2v) is 9.17. The minimum Gasteiger partial charge on any atom is -0.494 e. The quantitative estimate of drug-likeness (QED) is 0.302. The van der Waals surface area contributed by atoms with Gasteiger partial charge < -0.3 is 9.47 Å². The van der Waals surface area contributed by atoms with Gasteiger partial charge in [-0.1, -0.05) is 59.9 Å². The molecular formula is C28H21N3O3S. The SMILES string of the molecule is COc1cccc2sc(N(Cc3ccccn3)C(=O)C3c4ccccc4Oc4ccccc43)nc12. The van der Waals surface area contributed by atoms with Gasteiger partial charge in [-0.2, -0.15) is 0 Å². The molecule has 2 aromatic heterocycles. The Bertz CT molecular complexity index is 1490. The number of anilines is 1. The first kappa shape index (κ1) is 21.3. The smallest absolute Gasteiger partial charge is 0.241 e. The second-order valence-electron chi connectivity index (χ2n) is 8.16. The van der Waals surface area contributed by atoms with Crippen molar-refractivity contribution in [1.82, 2.24) is 9.97 Å². The van der Waals surface area contributed by atoms with Crippen molar-refractivity contribution in [2.45, 2.75) is 12.5 Å². The van der Waals surface area contributed by atoms with E-state index in [1.165, 1.54) is 11.3 Å². The Morgan fingerprint density at radius 1 is 0.943 bits per heavy atom. The van der Waals surface area contributed by atoms with E-state index in [1.54, 1.807) is 18.2 Å². The lowest BCUT2D eigenvalue weighted by molar-refractivity contribution is -0.119. The lowest BCUT2D eigenvalue weighted by Gasteiger charge is -2.31. The first-order valence-electron chi connectivity index (χ1n) is 11.2. The van der Waals surface area contributed by atoms with Gasteiger partial charge in [0, 0.05) is 17.3 Å². The highest BCUT2D eigenvalue weighted by Crippen LogP contribution is 2.46. The van der Waals surface area contributed by atoms with E-state index in [4.69, 9.17) is 14.5 Å². The molecule has 5 aromatic rings. The van der Waals surface area contributed by atoms with Gasteiger partial charge in [0.2, 0.25) is 5.91 Å². The maximum atomic E-state index is 14.4. The van der Waals surface area contributed by atoms with Crippen LogP contribution in [0.15, 0.2) is 91.1 Å². The molecule has 0 bridgehead atoms. The number of nitrogens with zero attached hydrogens (tertiary/aromatic N) is 3. The Morgan fingerprint density at radius 3 is 2.34 bits per heavy atom. The molecule has 3 heterocycles. The number of carbonyl (C=O) groups is 1. The minimum atomic E-state index is -0.534. The summed E-state index contributed by atoms with van der Waals surface area (Å²) in [5.74, 6) is 1.43. The fraction of sp³-hybridized carbons (Fsp3) is 0.107. The maximum absolute atomic E-state index is 14.4. The van der Waals surface area contributed by atoms with Crippen molar-refractivity contribution in [2.75, 3.05) is 12.0 Å². The number of rotatable bonds is 5. The number of ether oxygens (including phenoxy) is 2. The molecule has 6 rings (SSSR count). The molecule has 0 radical (unpaired) electrons. The predicted octanol–water partition coefficient (Wildman–Crippen LogP) is 6.17. The fourth-order valence-electron chi connectivity index (χ4n) is 4.42. The van der Waals surface area contributed by atoms with E-state index in [9.17, 15) is 4.79 Å². The summed E-state index contributed by atoms with van der Waals surface area (Å²) in [7, 11) is 1.63. The first-order valence-corrected chi connectivity index (χ1v) is 12.0. The number of benzene rings is 3. The van der Waals surface area contributed by atoms with Gasteiger partial charge in [-0.15, -0.1) is 0 Å². The molecule has 0 fully saturated rings. The van der Waals surface area contributed by atoms with Gasteiger partial charge in [0.25, 0.3) is 0 Å². The summed E-state index contributed by atoms with van der Waals surface area (Å²) in [6.45, 7) is 0.295. The topological polar surface area (TPSA) is 64.5 Å². The average molecular weight is 480 g/mol. The molecule has 1 aliphatic heterocycles. The van der Waals surface area contributed by atoms with Crippen LogP contribution in [-0.4, -0.2) is 23.0 Å². The Kier molecular flexibility index (Phi) is 5.39. The molecule has 35 heavy (non-hydrogen) atoms. The van der Waals surface area contributed by atoms with Gasteiger partial charge in [0.15, 0.2) is 5.13 Å². The number of carbonyl (C=O) groups excluding carboxylic acids is 1. The van der Waals surface area contributed by atoms with Crippen LogP contribution in [-0.2, 0) is 11.3 Å². The number of methoxy groups -OCH3 is 1. The zero-order chi connectivity index (χ0) is 23.8. The van der Waals surface area contributed by atoms with Crippen molar-refractivity contribution in [3.8, 4) is 17.2 Å². The molecule has 0 unspecified atom stereocenters. The van der Waals surface area contributed by atoms with Gasteiger partial charge >= 0.3 is 0 Å². The summed E-state index contributed by atoms with van der Waals surface area (Å²) in [6, 6.07) is 26.9. The molecule has 0 saturated carbocycles. The molecule has 1 amide bonds. The Labute approximate surface area is 206 Å². The number of thiazole rings is 1. The molecular weight excluding hydrogens is 458 g/mol. The van der Waals surface area contributed by atoms with Crippen molar-refractivity contribution in [3.63, 3.8) is 0 Å². The van der Waals surface area contributed by atoms with Crippen molar-refractivity contribution in [1.29, 1.82) is 0 Å². The third kappa shape index (κ3) is 3.80.